The van der Waals surface area contributed by atoms with Crippen LogP contribution in [0.4, 0.5) is 0 Å². The average molecular weight is 278 g/mol. The third-order valence-corrected chi connectivity index (χ3v) is 5.20. The molecule has 1 saturated carbocycles. The molecule has 0 aromatic rings. The van der Waals surface area contributed by atoms with Gasteiger partial charge in [0.15, 0.2) is 0 Å². The number of rotatable bonds is 3. The first-order valence-corrected chi connectivity index (χ1v) is 7.28. The lowest BCUT2D eigenvalue weighted by atomic mass is 9.58. The molecule has 1 fully saturated rings. The largest absolute Gasteiger partial charge is 0.481 e. The van der Waals surface area contributed by atoms with Crippen molar-refractivity contribution in [1.29, 1.82) is 0 Å². The molecular formula is C16H22O4. The highest BCUT2D eigenvalue weighted by Gasteiger charge is 2.50. The Hall–Kier alpha value is -1.58. The van der Waals surface area contributed by atoms with Crippen LogP contribution in [0.3, 0.4) is 0 Å². The molecule has 0 heterocycles. The fraction of sp³-hybridized carbons (Fsp3) is 0.625. The van der Waals surface area contributed by atoms with Crippen LogP contribution in [-0.2, 0) is 9.59 Å². The normalized spacial score (nSPS) is 31.4. The predicted octanol–water partition coefficient (Wildman–Crippen LogP) is 3.24. The van der Waals surface area contributed by atoms with Crippen LogP contribution < -0.4 is 0 Å². The number of carbonyl (C=O) groups is 2. The smallest absolute Gasteiger partial charge is 0.335 e. The number of carboxylic acid groups (broad SMARTS) is 2. The fourth-order valence-corrected chi connectivity index (χ4v) is 3.83. The zero-order valence-corrected chi connectivity index (χ0v) is 12.1. The SMILES string of the molecule is CC1=C(C(=O)O)C=CC(C(=O)O)(C2CCCCC2)C1C. The maximum Gasteiger partial charge on any atom is 0.335 e. The van der Waals surface area contributed by atoms with Gasteiger partial charge in [0.05, 0.1) is 11.0 Å². The molecule has 0 saturated heterocycles. The van der Waals surface area contributed by atoms with E-state index in [0.29, 0.717) is 5.57 Å². The Bertz CT molecular complexity index is 483. The topological polar surface area (TPSA) is 74.6 Å². The minimum atomic E-state index is -0.978. The molecule has 0 aromatic carbocycles. The Balaban J connectivity index is 2.44. The number of aliphatic carboxylic acids is 2. The Morgan fingerprint density at radius 1 is 1.20 bits per heavy atom. The summed E-state index contributed by atoms with van der Waals surface area (Å²) in [4.78, 5) is 23.2. The van der Waals surface area contributed by atoms with Gasteiger partial charge in [-0.25, -0.2) is 4.79 Å². The summed E-state index contributed by atoms with van der Waals surface area (Å²) in [5, 5.41) is 19.0. The van der Waals surface area contributed by atoms with Crippen LogP contribution in [0.5, 0.6) is 0 Å². The quantitative estimate of drug-likeness (QED) is 0.831. The molecule has 2 aliphatic carbocycles. The van der Waals surface area contributed by atoms with E-state index in [4.69, 9.17) is 0 Å². The van der Waals surface area contributed by atoms with Crippen molar-refractivity contribution in [3.63, 3.8) is 0 Å². The van der Waals surface area contributed by atoms with E-state index >= 15 is 0 Å². The molecule has 0 bridgehead atoms. The summed E-state index contributed by atoms with van der Waals surface area (Å²) in [6, 6.07) is 0. The van der Waals surface area contributed by atoms with Gasteiger partial charge in [-0.05, 0) is 31.6 Å². The predicted molar refractivity (Wildman–Crippen MR) is 75.3 cm³/mol. The van der Waals surface area contributed by atoms with Crippen LogP contribution in [0.15, 0.2) is 23.3 Å². The highest BCUT2D eigenvalue weighted by atomic mass is 16.4. The van der Waals surface area contributed by atoms with Gasteiger partial charge >= 0.3 is 11.9 Å². The Morgan fingerprint density at radius 3 is 2.30 bits per heavy atom. The second-order valence-electron chi connectivity index (χ2n) is 6.03. The summed E-state index contributed by atoms with van der Waals surface area (Å²) in [6.45, 7) is 3.60. The van der Waals surface area contributed by atoms with Gasteiger partial charge in [0.25, 0.3) is 0 Å². The average Bonchev–Trinajstić information content (AvgIpc) is 2.42. The van der Waals surface area contributed by atoms with Crippen molar-refractivity contribution in [2.24, 2.45) is 17.3 Å². The number of carboxylic acids is 2. The van der Waals surface area contributed by atoms with Gasteiger partial charge in [0.2, 0.25) is 0 Å². The maximum atomic E-state index is 12.0. The van der Waals surface area contributed by atoms with E-state index in [-0.39, 0.29) is 17.4 Å². The summed E-state index contributed by atoms with van der Waals surface area (Å²) >= 11 is 0. The molecule has 110 valence electrons. The minimum Gasteiger partial charge on any atom is -0.481 e. The summed E-state index contributed by atoms with van der Waals surface area (Å²) in [6.07, 6.45) is 8.27. The number of hydrogen-bond acceptors (Lipinski definition) is 2. The summed E-state index contributed by atoms with van der Waals surface area (Å²) in [5.41, 5.74) is -0.0261. The molecule has 2 atom stereocenters. The van der Waals surface area contributed by atoms with E-state index < -0.39 is 17.4 Å². The minimum absolute atomic E-state index is 0.102. The van der Waals surface area contributed by atoms with E-state index in [1.165, 1.54) is 12.5 Å². The molecule has 20 heavy (non-hydrogen) atoms. The van der Waals surface area contributed by atoms with E-state index in [2.05, 4.69) is 0 Å². The van der Waals surface area contributed by atoms with Crippen molar-refractivity contribution in [3.8, 4) is 0 Å². The third-order valence-electron chi connectivity index (χ3n) is 5.20. The number of hydrogen-bond donors (Lipinski definition) is 2. The molecule has 2 unspecified atom stereocenters. The van der Waals surface area contributed by atoms with E-state index in [9.17, 15) is 19.8 Å². The molecule has 0 aliphatic heterocycles. The molecule has 0 aromatic heterocycles. The molecular weight excluding hydrogens is 256 g/mol. The molecule has 2 N–H and O–H groups in total. The van der Waals surface area contributed by atoms with Gasteiger partial charge < -0.3 is 10.2 Å². The summed E-state index contributed by atoms with van der Waals surface area (Å²) in [5.74, 6) is -1.98. The molecule has 4 heteroatoms. The van der Waals surface area contributed by atoms with Crippen molar-refractivity contribution in [2.75, 3.05) is 0 Å². The second-order valence-corrected chi connectivity index (χ2v) is 6.03. The first kappa shape index (κ1) is 14.8. The molecule has 2 rings (SSSR count). The lowest BCUT2D eigenvalue weighted by Crippen LogP contribution is -2.45. The van der Waals surface area contributed by atoms with Crippen LogP contribution in [0.1, 0.15) is 46.0 Å². The molecule has 2 aliphatic rings. The highest BCUT2D eigenvalue weighted by Crippen LogP contribution is 2.50. The molecule has 4 nitrogen and oxygen atoms in total. The van der Waals surface area contributed by atoms with Crippen LogP contribution in [-0.4, -0.2) is 22.2 Å². The second kappa shape index (κ2) is 5.43. The van der Waals surface area contributed by atoms with Crippen LogP contribution in [0, 0.1) is 17.3 Å². The third kappa shape index (κ3) is 2.17. The standard InChI is InChI=1S/C16H22O4/c1-10-11(2)16(15(19)20,9-8-13(10)14(17)18)12-6-4-3-5-7-12/h8-9,11-12H,3-7H2,1-2H3,(H,17,18)(H,19,20). The number of allylic oxidation sites excluding steroid dienone is 1. The van der Waals surface area contributed by atoms with Crippen LogP contribution >= 0.6 is 0 Å². The lowest BCUT2D eigenvalue weighted by molar-refractivity contribution is -0.152. The summed E-state index contributed by atoms with van der Waals surface area (Å²) < 4.78 is 0. The molecule has 0 spiro atoms. The fourth-order valence-electron chi connectivity index (χ4n) is 3.83. The van der Waals surface area contributed by atoms with Crippen molar-refractivity contribution in [2.45, 2.75) is 46.0 Å². The van der Waals surface area contributed by atoms with E-state index in [0.717, 1.165) is 25.7 Å². The Kier molecular flexibility index (Phi) is 4.02. The Labute approximate surface area is 119 Å². The summed E-state index contributed by atoms with van der Waals surface area (Å²) in [7, 11) is 0. The van der Waals surface area contributed by atoms with Gasteiger partial charge in [-0.3, -0.25) is 4.79 Å². The van der Waals surface area contributed by atoms with Crippen LogP contribution in [0.25, 0.3) is 0 Å². The first-order valence-electron chi connectivity index (χ1n) is 7.28. The van der Waals surface area contributed by atoms with Crippen molar-refractivity contribution in [1.82, 2.24) is 0 Å². The molecule has 0 amide bonds. The van der Waals surface area contributed by atoms with Gasteiger partial charge in [-0.1, -0.05) is 43.9 Å². The van der Waals surface area contributed by atoms with Gasteiger partial charge in [0.1, 0.15) is 0 Å². The van der Waals surface area contributed by atoms with Crippen molar-refractivity contribution in [3.05, 3.63) is 23.3 Å². The van der Waals surface area contributed by atoms with Crippen molar-refractivity contribution < 1.29 is 19.8 Å². The monoisotopic (exact) mass is 278 g/mol. The van der Waals surface area contributed by atoms with Gasteiger partial charge in [-0.2, -0.15) is 0 Å². The Morgan fingerprint density at radius 2 is 1.80 bits per heavy atom. The molecule has 0 radical (unpaired) electrons. The van der Waals surface area contributed by atoms with Gasteiger partial charge in [-0.15, -0.1) is 0 Å². The van der Waals surface area contributed by atoms with E-state index in [1.807, 2.05) is 6.92 Å². The zero-order valence-electron chi connectivity index (χ0n) is 12.1. The highest BCUT2D eigenvalue weighted by molar-refractivity contribution is 5.92. The first-order chi connectivity index (χ1) is 9.41. The van der Waals surface area contributed by atoms with Crippen molar-refractivity contribution >= 4 is 11.9 Å². The van der Waals surface area contributed by atoms with Gasteiger partial charge in [0, 0.05) is 0 Å². The van der Waals surface area contributed by atoms with E-state index in [1.54, 1.807) is 13.0 Å². The van der Waals surface area contributed by atoms with Crippen LogP contribution in [0.2, 0.25) is 0 Å². The lowest BCUT2D eigenvalue weighted by Gasteiger charge is -2.44. The zero-order chi connectivity index (χ0) is 14.9. The maximum absolute atomic E-state index is 12.0.